The standard InChI is InChI=1S/C23H35Cl2N3O2/c1-16-4-9-20(23(25)22(16)24)28-13-12-27(14-17(28)2)11-10-18-5-7-19(8-6-18)26-21(29)15-30-3/h4,9,17-19H,5-8,10-15H2,1-3H3,(H,26,29)/t17-,18-,19-/m1/s1. The average Bonchev–Trinajstić information content (AvgIpc) is 2.72. The molecule has 0 aromatic heterocycles. The van der Waals surface area contributed by atoms with Crippen LogP contribution in [0.4, 0.5) is 5.69 Å². The lowest BCUT2D eigenvalue weighted by Crippen LogP contribution is -2.52. The molecule has 1 aromatic carbocycles. The number of hydrogen-bond acceptors (Lipinski definition) is 4. The Morgan fingerprint density at radius 1 is 1.17 bits per heavy atom. The van der Waals surface area contributed by atoms with E-state index in [0.29, 0.717) is 22.1 Å². The van der Waals surface area contributed by atoms with Gasteiger partial charge in [-0.05, 0) is 70.0 Å². The second-order valence-electron chi connectivity index (χ2n) is 8.88. The lowest BCUT2D eigenvalue weighted by molar-refractivity contribution is -0.125. The van der Waals surface area contributed by atoms with E-state index in [-0.39, 0.29) is 12.5 Å². The van der Waals surface area contributed by atoms with E-state index in [1.165, 1.54) is 19.3 Å². The van der Waals surface area contributed by atoms with Crippen LogP contribution in [-0.4, -0.2) is 62.8 Å². The second kappa shape index (κ2) is 11.0. The van der Waals surface area contributed by atoms with Gasteiger partial charge in [0.05, 0.1) is 15.7 Å². The first-order chi connectivity index (χ1) is 14.4. The summed E-state index contributed by atoms with van der Waals surface area (Å²) in [6.07, 6.45) is 5.80. The van der Waals surface area contributed by atoms with E-state index >= 15 is 0 Å². The number of nitrogens with one attached hydrogen (secondary N) is 1. The van der Waals surface area contributed by atoms with Gasteiger partial charge in [-0.1, -0.05) is 29.3 Å². The van der Waals surface area contributed by atoms with Crippen molar-refractivity contribution in [3.05, 3.63) is 27.7 Å². The number of piperazine rings is 1. The smallest absolute Gasteiger partial charge is 0.246 e. The Bertz CT molecular complexity index is 723. The average molecular weight is 456 g/mol. The van der Waals surface area contributed by atoms with E-state index in [4.69, 9.17) is 27.9 Å². The van der Waals surface area contributed by atoms with Crippen molar-refractivity contribution in [2.75, 3.05) is 44.8 Å². The Morgan fingerprint density at radius 3 is 2.57 bits per heavy atom. The largest absolute Gasteiger partial charge is 0.375 e. The number of halogens is 2. The molecule has 2 aliphatic rings. The van der Waals surface area contributed by atoms with Crippen molar-refractivity contribution in [2.24, 2.45) is 5.92 Å². The van der Waals surface area contributed by atoms with Crippen molar-refractivity contribution in [2.45, 2.75) is 58.0 Å². The second-order valence-corrected chi connectivity index (χ2v) is 9.64. The third-order valence-electron chi connectivity index (χ3n) is 6.62. The molecule has 5 nitrogen and oxygen atoms in total. The van der Waals surface area contributed by atoms with Crippen molar-refractivity contribution in [3.63, 3.8) is 0 Å². The molecule has 0 unspecified atom stereocenters. The van der Waals surface area contributed by atoms with E-state index in [0.717, 1.165) is 56.2 Å². The van der Waals surface area contributed by atoms with Crippen LogP contribution in [0.3, 0.4) is 0 Å². The molecule has 1 saturated carbocycles. The molecule has 30 heavy (non-hydrogen) atoms. The molecule has 1 aromatic rings. The van der Waals surface area contributed by atoms with Gasteiger partial charge in [0.1, 0.15) is 6.61 Å². The third-order valence-corrected chi connectivity index (χ3v) is 7.58. The number of nitrogens with zero attached hydrogens (tertiary/aromatic N) is 2. The highest BCUT2D eigenvalue weighted by Crippen LogP contribution is 2.36. The van der Waals surface area contributed by atoms with Crippen molar-refractivity contribution >= 4 is 34.8 Å². The van der Waals surface area contributed by atoms with Gasteiger partial charge in [0, 0.05) is 38.8 Å². The summed E-state index contributed by atoms with van der Waals surface area (Å²) >= 11 is 12.9. The number of ether oxygens (including phenoxy) is 1. The molecule has 0 spiro atoms. The Morgan fingerprint density at radius 2 is 1.90 bits per heavy atom. The molecule has 1 heterocycles. The summed E-state index contributed by atoms with van der Waals surface area (Å²) in [6.45, 7) is 8.62. The molecule has 1 N–H and O–H groups in total. The maximum absolute atomic E-state index is 11.7. The lowest BCUT2D eigenvalue weighted by Gasteiger charge is -2.42. The first-order valence-corrected chi connectivity index (χ1v) is 11.9. The Balaban J connectivity index is 1.42. The number of aryl methyl sites for hydroxylation is 1. The number of amides is 1. The minimum absolute atomic E-state index is 0.00257. The van der Waals surface area contributed by atoms with Crippen molar-refractivity contribution in [3.8, 4) is 0 Å². The summed E-state index contributed by atoms with van der Waals surface area (Å²) < 4.78 is 4.90. The number of methoxy groups -OCH3 is 1. The van der Waals surface area contributed by atoms with Crippen molar-refractivity contribution in [1.82, 2.24) is 10.2 Å². The van der Waals surface area contributed by atoms with Gasteiger partial charge in [-0.25, -0.2) is 0 Å². The molecule has 7 heteroatoms. The van der Waals surface area contributed by atoms with Gasteiger partial charge < -0.3 is 15.0 Å². The fourth-order valence-corrected chi connectivity index (χ4v) is 5.29. The van der Waals surface area contributed by atoms with Crippen LogP contribution in [0.25, 0.3) is 0 Å². The molecular weight excluding hydrogens is 421 g/mol. The monoisotopic (exact) mass is 455 g/mol. The molecule has 1 saturated heterocycles. The van der Waals surface area contributed by atoms with E-state index in [1.54, 1.807) is 7.11 Å². The lowest BCUT2D eigenvalue weighted by atomic mass is 9.84. The van der Waals surface area contributed by atoms with Crippen LogP contribution in [0.5, 0.6) is 0 Å². The van der Waals surface area contributed by atoms with Crippen LogP contribution in [0.15, 0.2) is 12.1 Å². The summed E-state index contributed by atoms with van der Waals surface area (Å²) in [5, 5.41) is 4.42. The normalized spacial score (nSPS) is 25.4. The summed E-state index contributed by atoms with van der Waals surface area (Å²) in [5.74, 6) is 0.766. The van der Waals surface area contributed by atoms with Crippen LogP contribution in [0.1, 0.15) is 44.6 Å². The minimum atomic E-state index is 0.00257. The predicted molar refractivity (Wildman–Crippen MR) is 125 cm³/mol. The molecule has 1 amide bonds. The van der Waals surface area contributed by atoms with E-state index in [1.807, 2.05) is 6.92 Å². The number of benzene rings is 1. The number of carbonyl (C=O) groups is 1. The Kier molecular flexibility index (Phi) is 8.70. The Labute approximate surface area is 191 Å². The summed E-state index contributed by atoms with van der Waals surface area (Å²) in [5.41, 5.74) is 2.07. The maximum Gasteiger partial charge on any atom is 0.246 e. The van der Waals surface area contributed by atoms with Crippen LogP contribution < -0.4 is 10.2 Å². The number of rotatable bonds is 7. The first-order valence-electron chi connectivity index (χ1n) is 11.1. The molecule has 2 fully saturated rings. The molecule has 0 radical (unpaired) electrons. The predicted octanol–water partition coefficient (Wildman–Crippen LogP) is 4.52. The van der Waals surface area contributed by atoms with E-state index in [2.05, 4.69) is 34.2 Å². The zero-order valence-corrected chi connectivity index (χ0v) is 19.9. The summed E-state index contributed by atoms with van der Waals surface area (Å²) in [7, 11) is 1.56. The topological polar surface area (TPSA) is 44.8 Å². The SMILES string of the molecule is COCC(=O)N[C@H]1CC[C@H](CCN2CCN(c3ccc(C)c(Cl)c3Cl)[C@H](C)C2)CC1. The van der Waals surface area contributed by atoms with Crippen LogP contribution in [-0.2, 0) is 9.53 Å². The highest BCUT2D eigenvalue weighted by molar-refractivity contribution is 6.44. The van der Waals surface area contributed by atoms with Crippen molar-refractivity contribution < 1.29 is 9.53 Å². The molecule has 0 bridgehead atoms. The van der Waals surface area contributed by atoms with Gasteiger partial charge in [0.15, 0.2) is 0 Å². The molecule has 1 atom stereocenters. The Hall–Kier alpha value is -1.01. The van der Waals surface area contributed by atoms with Gasteiger partial charge in [0.25, 0.3) is 0 Å². The highest BCUT2D eigenvalue weighted by atomic mass is 35.5. The molecule has 1 aliphatic heterocycles. The van der Waals surface area contributed by atoms with Gasteiger partial charge in [-0.2, -0.15) is 0 Å². The fraction of sp³-hybridized carbons (Fsp3) is 0.696. The molecule has 168 valence electrons. The zero-order valence-electron chi connectivity index (χ0n) is 18.4. The minimum Gasteiger partial charge on any atom is -0.375 e. The third kappa shape index (κ3) is 6.03. The van der Waals surface area contributed by atoms with Crippen LogP contribution >= 0.6 is 23.2 Å². The van der Waals surface area contributed by atoms with Crippen LogP contribution in [0.2, 0.25) is 10.0 Å². The summed E-state index contributed by atoms with van der Waals surface area (Å²) in [6, 6.07) is 4.87. The molecule has 3 rings (SSSR count). The van der Waals surface area contributed by atoms with Gasteiger partial charge in [-0.15, -0.1) is 0 Å². The summed E-state index contributed by atoms with van der Waals surface area (Å²) in [4.78, 5) is 16.6. The molecule has 1 aliphatic carbocycles. The van der Waals surface area contributed by atoms with E-state index < -0.39 is 0 Å². The van der Waals surface area contributed by atoms with E-state index in [9.17, 15) is 4.79 Å². The number of carbonyl (C=O) groups excluding carboxylic acids is 1. The number of anilines is 1. The maximum atomic E-state index is 11.7. The molecular formula is C23H35Cl2N3O2. The van der Waals surface area contributed by atoms with Gasteiger partial charge >= 0.3 is 0 Å². The van der Waals surface area contributed by atoms with Gasteiger partial charge in [0.2, 0.25) is 5.91 Å². The fourth-order valence-electron chi connectivity index (χ4n) is 4.81. The zero-order chi connectivity index (χ0) is 21.7. The number of hydrogen-bond donors (Lipinski definition) is 1. The highest BCUT2D eigenvalue weighted by Gasteiger charge is 2.27. The van der Waals surface area contributed by atoms with Crippen LogP contribution in [0, 0.1) is 12.8 Å². The first kappa shape index (κ1) is 23.6. The van der Waals surface area contributed by atoms with Gasteiger partial charge in [-0.3, -0.25) is 9.69 Å². The quantitative estimate of drug-likeness (QED) is 0.655. The van der Waals surface area contributed by atoms with Crippen molar-refractivity contribution in [1.29, 1.82) is 0 Å².